The first kappa shape index (κ1) is 18.0. The molecular formula is C17H30N2O2. The molecule has 0 radical (unpaired) electrons. The van der Waals surface area contributed by atoms with Crippen molar-refractivity contribution >= 4 is 0 Å². The molecule has 0 bridgehead atoms. The lowest BCUT2D eigenvalue weighted by Crippen LogP contribution is -2.38. The summed E-state index contributed by atoms with van der Waals surface area (Å²) in [6.45, 7) is 8.80. The van der Waals surface area contributed by atoms with Crippen LogP contribution in [0, 0.1) is 0 Å². The summed E-state index contributed by atoms with van der Waals surface area (Å²) < 4.78 is 10.7. The fraction of sp³-hybridized carbons (Fsp3) is 0.647. The van der Waals surface area contributed by atoms with Gasteiger partial charge < -0.3 is 14.8 Å². The van der Waals surface area contributed by atoms with Gasteiger partial charge in [-0.3, -0.25) is 4.90 Å². The molecule has 1 aromatic rings. The maximum absolute atomic E-state index is 5.41. The second-order valence-corrected chi connectivity index (χ2v) is 5.33. The van der Waals surface area contributed by atoms with Gasteiger partial charge in [0.25, 0.3) is 0 Å². The van der Waals surface area contributed by atoms with E-state index in [9.17, 15) is 0 Å². The average molecular weight is 294 g/mol. The number of hydrogen-bond donors (Lipinski definition) is 1. The van der Waals surface area contributed by atoms with Crippen molar-refractivity contribution in [3.8, 4) is 5.75 Å². The Balaban J connectivity index is 2.29. The fourth-order valence-electron chi connectivity index (χ4n) is 2.17. The van der Waals surface area contributed by atoms with Gasteiger partial charge in [0.15, 0.2) is 0 Å². The lowest BCUT2D eigenvalue weighted by atomic mass is 10.1. The van der Waals surface area contributed by atoms with Crippen LogP contribution in [0.15, 0.2) is 24.3 Å². The van der Waals surface area contributed by atoms with E-state index in [4.69, 9.17) is 9.47 Å². The Morgan fingerprint density at radius 1 is 1.29 bits per heavy atom. The molecule has 0 heterocycles. The lowest BCUT2D eigenvalue weighted by Gasteiger charge is -2.25. The van der Waals surface area contributed by atoms with Crippen molar-refractivity contribution in [2.75, 3.05) is 40.5 Å². The van der Waals surface area contributed by atoms with Crippen molar-refractivity contribution < 1.29 is 9.47 Å². The van der Waals surface area contributed by atoms with Gasteiger partial charge in [0, 0.05) is 37.9 Å². The first-order valence-corrected chi connectivity index (χ1v) is 7.79. The highest BCUT2D eigenvalue weighted by molar-refractivity contribution is 5.33. The molecule has 4 heteroatoms. The van der Waals surface area contributed by atoms with Crippen LogP contribution < -0.4 is 10.1 Å². The number of likely N-dealkylation sites (N-methyl/N-ethyl adjacent to an activating group) is 1. The third kappa shape index (κ3) is 6.93. The van der Waals surface area contributed by atoms with Gasteiger partial charge in [-0.2, -0.15) is 0 Å². The third-order valence-corrected chi connectivity index (χ3v) is 3.65. The van der Waals surface area contributed by atoms with E-state index in [1.165, 1.54) is 5.56 Å². The second-order valence-electron chi connectivity index (χ2n) is 5.33. The highest BCUT2D eigenvalue weighted by atomic mass is 16.5. The largest absolute Gasteiger partial charge is 0.496 e. The number of benzene rings is 1. The smallest absolute Gasteiger partial charge is 0.123 e. The molecule has 0 amide bonds. The van der Waals surface area contributed by atoms with E-state index < -0.39 is 0 Å². The Bertz CT molecular complexity index is 385. The van der Waals surface area contributed by atoms with Crippen LogP contribution in [0.4, 0.5) is 0 Å². The molecule has 120 valence electrons. The number of para-hydroxylation sites is 1. The van der Waals surface area contributed by atoms with E-state index in [2.05, 4.69) is 36.3 Å². The fourth-order valence-corrected chi connectivity index (χ4v) is 2.17. The molecule has 1 N–H and O–H groups in total. The Morgan fingerprint density at radius 3 is 2.76 bits per heavy atom. The van der Waals surface area contributed by atoms with Gasteiger partial charge >= 0.3 is 0 Å². The van der Waals surface area contributed by atoms with Crippen LogP contribution in [0.3, 0.4) is 0 Å². The molecule has 21 heavy (non-hydrogen) atoms. The van der Waals surface area contributed by atoms with Crippen LogP contribution in [0.1, 0.15) is 25.8 Å². The van der Waals surface area contributed by atoms with Crippen LogP contribution in [-0.4, -0.2) is 51.4 Å². The molecule has 1 aromatic carbocycles. The average Bonchev–Trinajstić information content (AvgIpc) is 2.51. The van der Waals surface area contributed by atoms with E-state index in [1.807, 2.05) is 19.1 Å². The van der Waals surface area contributed by atoms with Gasteiger partial charge in [0.05, 0.1) is 7.11 Å². The van der Waals surface area contributed by atoms with Gasteiger partial charge in [-0.15, -0.1) is 0 Å². The molecule has 0 aliphatic carbocycles. The van der Waals surface area contributed by atoms with Crippen molar-refractivity contribution in [2.45, 2.75) is 32.9 Å². The van der Waals surface area contributed by atoms with E-state index in [1.54, 1.807) is 7.11 Å². The van der Waals surface area contributed by atoms with Crippen molar-refractivity contribution in [1.82, 2.24) is 10.2 Å². The van der Waals surface area contributed by atoms with Crippen LogP contribution in [0.25, 0.3) is 0 Å². The van der Waals surface area contributed by atoms with Crippen LogP contribution >= 0.6 is 0 Å². The molecule has 1 unspecified atom stereocenters. The second kappa shape index (κ2) is 10.6. The summed E-state index contributed by atoms with van der Waals surface area (Å²) in [5.74, 6) is 0.959. The van der Waals surface area contributed by atoms with Crippen molar-refractivity contribution in [3.63, 3.8) is 0 Å². The number of nitrogens with zero attached hydrogens (tertiary/aromatic N) is 1. The summed E-state index contributed by atoms with van der Waals surface area (Å²) in [7, 11) is 3.88. The quantitative estimate of drug-likeness (QED) is 0.636. The summed E-state index contributed by atoms with van der Waals surface area (Å²) in [5.41, 5.74) is 1.23. The normalized spacial score (nSPS) is 12.6. The minimum atomic E-state index is 0.474. The number of hydrogen-bond acceptors (Lipinski definition) is 4. The number of methoxy groups -OCH3 is 1. The van der Waals surface area contributed by atoms with Crippen LogP contribution in [0.5, 0.6) is 5.75 Å². The van der Waals surface area contributed by atoms with Crippen molar-refractivity contribution in [2.24, 2.45) is 0 Å². The topological polar surface area (TPSA) is 33.7 Å². The van der Waals surface area contributed by atoms with Gasteiger partial charge in [-0.1, -0.05) is 18.2 Å². The van der Waals surface area contributed by atoms with E-state index >= 15 is 0 Å². The molecular weight excluding hydrogens is 264 g/mol. The molecule has 0 saturated heterocycles. The lowest BCUT2D eigenvalue weighted by molar-refractivity contribution is 0.144. The molecule has 0 spiro atoms. The minimum absolute atomic E-state index is 0.474. The molecule has 1 atom stereocenters. The summed E-state index contributed by atoms with van der Waals surface area (Å²) >= 11 is 0. The Kier molecular flexibility index (Phi) is 9.06. The number of rotatable bonds is 11. The maximum atomic E-state index is 5.41. The van der Waals surface area contributed by atoms with Gasteiger partial charge in [0.2, 0.25) is 0 Å². The predicted molar refractivity (Wildman–Crippen MR) is 87.9 cm³/mol. The summed E-state index contributed by atoms with van der Waals surface area (Å²) in [6, 6.07) is 8.67. The molecule has 0 saturated carbocycles. The van der Waals surface area contributed by atoms with Gasteiger partial charge in [-0.25, -0.2) is 0 Å². The van der Waals surface area contributed by atoms with E-state index in [-0.39, 0.29) is 0 Å². The first-order valence-electron chi connectivity index (χ1n) is 7.79. The SMILES string of the molecule is CCOCCCNCC(C)N(C)Cc1ccccc1OC. The standard InChI is InChI=1S/C17H30N2O2/c1-5-21-12-8-11-18-13-15(2)19(3)14-16-9-6-7-10-17(16)20-4/h6-7,9-10,15,18H,5,8,11-14H2,1-4H3. The summed E-state index contributed by atoms with van der Waals surface area (Å²) in [5, 5.41) is 3.49. The molecule has 1 rings (SSSR count). The summed E-state index contributed by atoms with van der Waals surface area (Å²) in [4.78, 5) is 2.34. The molecule has 0 aliphatic rings. The first-order chi connectivity index (χ1) is 10.2. The molecule has 4 nitrogen and oxygen atoms in total. The zero-order valence-corrected chi connectivity index (χ0v) is 13.9. The van der Waals surface area contributed by atoms with Crippen molar-refractivity contribution in [3.05, 3.63) is 29.8 Å². The molecule has 0 aliphatic heterocycles. The van der Waals surface area contributed by atoms with Crippen molar-refractivity contribution in [1.29, 1.82) is 0 Å². The Morgan fingerprint density at radius 2 is 2.05 bits per heavy atom. The third-order valence-electron chi connectivity index (χ3n) is 3.65. The predicted octanol–water partition coefficient (Wildman–Crippen LogP) is 2.53. The Hall–Kier alpha value is -1.10. The number of nitrogens with one attached hydrogen (secondary N) is 1. The highest BCUT2D eigenvalue weighted by Gasteiger charge is 2.11. The maximum Gasteiger partial charge on any atom is 0.123 e. The van der Waals surface area contributed by atoms with Gasteiger partial charge in [-0.05, 0) is 39.9 Å². The Labute approximate surface area is 129 Å². The van der Waals surface area contributed by atoms with Crippen LogP contribution in [0.2, 0.25) is 0 Å². The zero-order chi connectivity index (χ0) is 15.5. The molecule has 0 aromatic heterocycles. The monoisotopic (exact) mass is 294 g/mol. The zero-order valence-electron chi connectivity index (χ0n) is 13.9. The van der Waals surface area contributed by atoms with E-state index in [0.29, 0.717) is 6.04 Å². The number of ether oxygens (including phenoxy) is 2. The van der Waals surface area contributed by atoms with Gasteiger partial charge in [0.1, 0.15) is 5.75 Å². The molecule has 0 fully saturated rings. The summed E-state index contributed by atoms with van der Waals surface area (Å²) in [6.07, 6.45) is 1.07. The van der Waals surface area contributed by atoms with E-state index in [0.717, 1.165) is 45.0 Å². The van der Waals surface area contributed by atoms with Crippen LogP contribution in [-0.2, 0) is 11.3 Å². The minimum Gasteiger partial charge on any atom is -0.496 e. The highest BCUT2D eigenvalue weighted by Crippen LogP contribution is 2.19.